The molecule has 14 unspecified atom stereocenters. The maximum atomic E-state index is 12.8. The fourth-order valence-electron chi connectivity index (χ4n) is 23.7. The summed E-state index contributed by atoms with van der Waals surface area (Å²) in [6.45, 7) is 15.4. The van der Waals surface area contributed by atoms with Crippen molar-refractivity contribution in [1.29, 1.82) is 0 Å². The standard InChI is InChI=1S/C26H40O5.C25H38O5.C24H36O5/c1-4-25(2,3)24(28)31-22-10-16-8-20(22)21(9-16)23(27)30-15-29-14-26-11-17-5-18(12-26)7-19(6-17)13-26;1-3-15(2)23(26)30-22-9-16-7-20(22)21(8-16)24(27)29-14-28-13-25-10-17-4-18(11-25)6-19(5-17)12-25;1-3-13(2)23(25)29-21-11-16-9-19(21)20(10-16)24(26)28-12-27-22-17-5-14-4-15(7-17)8-18(22)6-14/h16-22H,4-15H2,1-3H3;15-22H,3-14H2,1-2H3;13-22H,3-12H2,1-2H3. The number of esters is 6. The van der Waals surface area contributed by atoms with Crippen LogP contribution in [0.2, 0.25) is 0 Å². The Bertz CT molecular complexity index is 2480. The molecule has 18 fully saturated rings. The third-order valence-corrected chi connectivity index (χ3v) is 27.7. The lowest BCUT2D eigenvalue weighted by molar-refractivity contribution is -0.192. The largest absolute Gasteiger partial charge is 0.462 e. The third kappa shape index (κ3) is 14.0. The Morgan fingerprint density at radius 1 is 0.400 bits per heavy atom. The first-order chi connectivity index (χ1) is 43.2. The summed E-state index contributed by atoms with van der Waals surface area (Å²) >= 11 is 0. The molecule has 0 aromatic carbocycles. The summed E-state index contributed by atoms with van der Waals surface area (Å²) in [4.78, 5) is 75.2. The molecular weight excluding hydrogens is 1140 g/mol. The molecule has 18 aliphatic carbocycles. The Morgan fingerprint density at radius 3 is 1.06 bits per heavy atom. The summed E-state index contributed by atoms with van der Waals surface area (Å²) in [6.07, 6.45) is 33.6. The zero-order valence-electron chi connectivity index (χ0n) is 56.1. The molecule has 18 saturated carbocycles. The van der Waals surface area contributed by atoms with Crippen molar-refractivity contribution in [3.63, 3.8) is 0 Å². The Hall–Kier alpha value is -3.30. The molecule has 504 valence electrons. The van der Waals surface area contributed by atoms with E-state index < -0.39 is 5.41 Å². The van der Waals surface area contributed by atoms with Gasteiger partial charge in [-0.25, -0.2) is 0 Å². The van der Waals surface area contributed by atoms with E-state index in [2.05, 4.69) is 0 Å². The van der Waals surface area contributed by atoms with E-state index in [1.807, 2.05) is 48.5 Å². The molecule has 14 atom stereocenters. The van der Waals surface area contributed by atoms with E-state index in [-0.39, 0.29) is 122 Å². The minimum absolute atomic E-state index is 0.0712. The van der Waals surface area contributed by atoms with Gasteiger partial charge in [0.15, 0.2) is 20.4 Å². The number of hydrogen-bond donors (Lipinski definition) is 0. The van der Waals surface area contributed by atoms with E-state index in [1.54, 1.807) is 0 Å². The second-order valence-electron chi connectivity index (χ2n) is 34.6. The minimum Gasteiger partial charge on any atom is -0.462 e. The normalized spacial score (nSPS) is 44.1. The van der Waals surface area contributed by atoms with Gasteiger partial charge >= 0.3 is 35.8 Å². The summed E-state index contributed by atoms with van der Waals surface area (Å²) in [6, 6.07) is 0. The number of carbonyl (C=O) groups is 6. The van der Waals surface area contributed by atoms with Gasteiger partial charge < -0.3 is 42.6 Å². The van der Waals surface area contributed by atoms with Gasteiger partial charge in [-0.05, 0) is 288 Å². The van der Waals surface area contributed by atoms with Crippen LogP contribution >= 0.6 is 0 Å². The molecule has 0 aromatic rings. The van der Waals surface area contributed by atoms with Gasteiger partial charge in [-0.2, -0.15) is 0 Å². The average Bonchev–Trinajstić information content (AvgIpc) is 1.91. The zero-order chi connectivity index (χ0) is 62.8. The monoisotopic (exact) mass is 1250 g/mol. The maximum absolute atomic E-state index is 12.8. The van der Waals surface area contributed by atoms with Crippen LogP contribution in [0.25, 0.3) is 0 Å². The number of carbonyl (C=O) groups excluding carboxylic acids is 6. The number of ether oxygens (including phenoxy) is 9. The molecule has 0 N–H and O–H groups in total. The first-order valence-electron chi connectivity index (χ1n) is 37.1. The Kier molecular flexibility index (Phi) is 19.7. The van der Waals surface area contributed by atoms with Crippen LogP contribution < -0.4 is 0 Å². The quantitative estimate of drug-likeness (QED) is 0.0407. The van der Waals surface area contributed by atoms with Crippen LogP contribution in [0.4, 0.5) is 0 Å². The topological polar surface area (TPSA) is 185 Å². The van der Waals surface area contributed by atoms with Crippen molar-refractivity contribution in [3.05, 3.63) is 0 Å². The smallest absolute Gasteiger partial charge is 0.311 e. The zero-order valence-corrected chi connectivity index (χ0v) is 56.1. The molecule has 0 aromatic heterocycles. The third-order valence-electron chi connectivity index (χ3n) is 27.7. The van der Waals surface area contributed by atoms with Crippen LogP contribution in [0, 0.1) is 141 Å². The van der Waals surface area contributed by atoms with Gasteiger partial charge in [-0.15, -0.1) is 0 Å². The molecule has 0 aliphatic heterocycles. The van der Waals surface area contributed by atoms with Crippen molar-refractivity contribution in [2.75, 3.05) is 33.6 Å². The van der Waals surface area contributed by atoms with Crippen molar-refractivity contribution in [2.24, 2.45) is 141 Å². The van der Waals surface area contributed by atoms with Gasteiger partial charge in [0.25, 0.3) is 0 Å². The lowest BCUT2D eigenvalue weighted by atomic mass is 9.50. The second-order valence-corrected chi connectivity index (χ2v) is 34.6. The number of hydrogen-bond acceptors (Lipinski definition) is 15. The van der Waals surface area contributed by atoms with Crippen molar-refractivity contribution in [3.8, 4) is 0 Å². The van der Waals surface area contributed by atoms with Crippen LogP contribution in [0.3, 0.4) is 0 Å². The first kappa shape index (κ1) is 65.4. The number of fused-ring (bicyclic) bond motifs is 6. The summed E-state index contributed by atoms with van der Waals surface area (Å²) in [5, 5.41) is 0. The predicted octanol–water partition coefficient (Wildman–Crippen LogP) is 14.2. The molecule has 18 aliphatic rings. The summed E-state index contributed by atoms with van der Waals surface area (Å²) in [5.41, 5.74) is 0.227. The lowest BCUT2D eigenvalue weighted by Crippen LogP contribution is -2.49. The van der Waals surface area contributed by atoms with Gasteiger partial charge in [0.1, 0.15) is 18.3 Å². The van der Waals surface area contributed by atoms with E-state index in [0.717, 1.165) is 138 Å². The second kappa shape index (κ2) is 27.1. The summed E-state index contributed by atoms with van der Waals surface area (Å²) in [5.74, 6) is 9.02. The molecule has 18 bridgehead atoms. The molecule has 15 nitrogen and oxygen atoms in total. The first-order valence-corrected chi connectivity index (χ1v) is 37.1. The fourth-order valence-corrected chi connectivity index (χ4v) is 23.7. The van der Waals surface area contributed by atoms with E-state index in [1.165, 1.54) is 109 Å². The van der Waals surface area contributed by atoms with E-state index in [9.17, 15) is 28.8 Å². The van der Waals surface area contributed by atoms with Crippen LogP contribution in [0.5, 0.6) is 0 Å². The highest BCUT2D eigenvalue weighted by Gasteiger charge is 2.57. The van der Waals surface area contributed by atoms with E-state index in [4.69, 9.17) is 42.6 Å². The molecule has 15 heteroatoms. The van der Waals surface area contributed by atoms with Gasteiger partial charge in [-0.3, -0.25) is 28.8 Å². The fraction of sp³-hybridized carbons (Fsp3) is 0.920. The molecule has 0 saturated heterocycles. The Morgan fingerprint density at radius 2 is 0.722 bits per heavy atom. The Labute approximate surface area is 538 Å². The lowest BCUT2D eigenvalue weighted by Gasteiger charge is -2.56. The average molecular weight is 1260 g/mol. The van der Waals surface area contributed by atoms with E-state index >= 15 is 0 Å². The predicted molar refractivity (Wildman–Crippen MR) is 333 cm³/mol. The molecule has 18 rings (SSSR count). The molecule has 90 heavy (non-hydrogen) atoms. The highest BCUT2D eigenvalue weighted by Crippen LogP contribution is 2.62. The molecule has 0 radical (unpaired) electrons. The van der Waals surface area contributed by atoms with Crippen molar-refractivity contribution in [1.82, 2.24) is 0 Å². The van der Waals surface area contributed by atoms with Crippen LogP contribution in [0.1, 0.15) is 235 Å². The van der Waals surface area contributed by atoms with Gasteiger partial charge in [-0.1, -0.05) is 34.6 Å². The van der Waals surface area contributed by atoms with Crippen molar-refractivity contribution < 1.29 is 71.4 Å². The Balaban J connectivity index is 0.000000124. The van der Waals surface area contributed by atoms with E-state index in [0.29, 0.717) is 46.5 Å². The molecule has 0 heterocycles. The van der Waals surface area contributed by atoms with Crippen molar-refractivity contribution >= 4 is 35.8 Å². The minimum atomic E-state index is -0.469. The van der Waals surface area contributed by atoms with Crippen LogP contribution in [-0.2, 0) is 71.4 Å². The highest BCUT2D eigenvalue weighted by molar-refractivity contribution is 5.77. The van der Waals surface area contributed by atoms with Gasteiger partial charge in [0, 0.05) is 17.8 Å². The molecular formula is C75H114O15. The van der Waals surface area contributed by atoms with Crippen LogP contribution in [-0.4, -0.2) is 93.8 Å². The van der Waals surface area contributed by atoms with Crippen molar-refractivity contribution in [2.45, 2.75) is 259 Å². The number of rotatable bonds is 23. The SMILES string of the molecule is CCC(C)(C)C(=O)OC1CC2CC(C(=O)OCOCC34CC5CC(CC(C5)C3)C4)C1C2.CCC(C)C(=O)OC1CC2CC(C(=O)OCOC3C4CC5CC(C4)CC3C5)C1C2.CCC(C)C(=O)OC1CC2CC(C(=O)OCOCC34CC5CC(CC(C5)C3)C4)C1C2. The van der Waals surface area contributed by atoms with Gasteiger partial charge in [0.05, 0.1) is 54.3 Å². The molecule has 0 spiro atoms. The highest BCUT2D eigenvalue weighted by atomic mass is 16.7. The summed E-state index contributed by atoms with van der Waals surface area (Å²) in [7, 11) is 0. The summed E-state index contributed by atoms with van der Waals surface area (Å²) < 4.78 is 52.2. The maximum Gasteiger partial charge on any atom is 0.311 e. The van der Waals surface area contributed by atoms with Gasteiger partial charge in [0.2, 0.25) is 0 Å². The van der Waals surface area contributed by atoms with Crippen LogP contribution in [0.15, 0.2) is 0 Å². The molecule has 0 amide bonds.